The van der Waals surface area contributed by atoms with Crippen molar-refractivity contribution in [1.29, 1.82) is 0 Å². The highest BCUT2D eigenvalue weighted by Crippen LogP contribution is 2.28. The molecule has 116 valence electrons. The van der Waals surface area contributed by atoms with Crippen LogP contribution in [-0.2, 0) is 7.05 Å². The quantitative estimate of drug-likeness (QED) is 0.494. The number of nitrogens with zero attached hydrogens (tertiary/aromatic N) is 5. The van der Waals surface area contributed by atoms with Crippen LogP contribution in [0.1, 0.15) is 17.0 Å². The summed E-state index contributed by atoms with van der Waals surface area (Å²) in [5, 5.41) is 15.5. The predicted molar refractivity (Wildman–Crippen MR) is 87.4 cm³/mol. The maximum Gasteiger partial charge on any atom is 0.293 e. The van der Waals surface area contributed by atoms with Crippen molar-refractivity contribution in [3.8, 4) is 0 Å². The zero-order chi connectivity index (χ0) is 16.4. The molecule has 0 saturated carbocycles. The smallest absolute Gasteiger partial charge is 0.293 e. The van der Waals surface area contributed by atoms with E-state index in [9.17, 15) is 10.1 Å². The molecule has 1 aromatic heterocycles. The average Bonchev–Trinajstić information content (AvgIpc) is 2.69. The number of aryl methyl sites for hydroxylation is 2. The molecule has 1 aromatic carbocycles. The largest absolute Gasteiger partial charge is 0.372 e. The van der Waals surface area contributed by atoms with Gasteiger partial charge in [0.2, 0.25) is 0 Å². The van der Waals surface area contributed by atoms with Gasteiger partial charge in [0.15, 0.2) is 0 Å². The van der Waals surface area contributed by atoms with Crippen LogP contribution in [0.25, 0.3) is 0 Å². The fourth-order valence-corrected chi connectivity index (χ4v) is 2.23. The van der Waals surface area contributed by atoms with Gasteiger partial charge < -0.3 is 4.90 Å². The van der Waals surface area contributed by atoms with E-state index in [2.05, 4.69) is 10.1 Å². The van der Waals surface area contributed by atoms with Crippen molar-refractivity contribution < 1.29 is 4.92 Å². The van der Waals surface area contributed by atoms with E-state index >= 15 is 0 Å². The van der Waals surface area contributed by atoms with Gasteiger partial charge in [-0.3, -0.25) is 19.8 Å². The predicted octanol–water partition coefficient (Wildman–Crippen LogP) is 2.76. The van der Waals surface area contributed by atoms with E-state index in [1.54, 1.807) is 36.0 Å². The second-order valence-electron chi connectivity index (χ2n) is 5.30. The summed E-state index contributed by atoms with van der Waals surface area (Å²) in [7, 11) is 5.41. The topological polar surface area (TPSA) is 76.6 Å². The van der Waals surface area contributed by atoms with Crippen LogP contribution in [0.5, 0.6) is 0 Å². The van der Waals surface area contributed by atoms with Crippen molar-refractivity contribution in [2.45, 2.75) is 13.8 Å². The molecule has 0 atom stereocenters. The van der Waals surface area contributed by atoms with Crippen LogP contribution in [0, 0.1) is 24.0 Å². The summed E-state index contributed by atoms with van der Waals surface area (Å²) in [5.74, 6) is 0. The SMILES string of the molecule is Cc1nn(C)c(C)c1N=Cc1ccc(N(C)C)c([N+](=O)[O-])c1. The van der Waals surface area contributed by atoms with Crippen molar-refractivity contribution >= 4 is 23.3 Å². The lowest BCUT2D eigenvalue weighted by molar-refractivity contribution is -0.384. The molecule has 0 spiro atoms. The van der Waals surface area contributed by atoms with Gasteiger partial charge in [-0.15, -0.1) is 0 Å². The lowest BCUT2D eigenvalue weighted by atomic mass is 10.1. The highest BCUT2D eigenvalue weighted by molar-refractivity contribution is 5.85. The number of nitro groups is 1. The monoisotopic (exact) mass is 301 g/mol. The van der Waals surface area contributed by atoms with E-state index in [4.69, 9.17) is 0 Å². The molecular weight excluding hydrogens is 282 g/mol. The van der Waals surface area contributed by atoms with Crippen molar-refractivity contribution in [2.75, 3.05) is 19.0 Å². The van der Waals surface area contributed by atoms with Crippen LogP contribution >= 0.6 is 0 Å². The first-order chi connectivity index (χ1) is 10.3. The molecule has 7 heteroatoms. The molecule has 0 unspecified atom stereocenters. The lowest BCUT2D eigenvalue weighted by Gasteiger charge is -2.12. The fraction of sp³-hybridized carbons (Fsp3) is 0.333. The third-order valence-electron chi connectivity index (χ3n) is 3.49. The van der Waals surface area contributed by atoms with Gasteiger partial charge in [-0.1, -0.05) is 6.07 Å². The molecule has 0 amide bonds. The van der Waals surface area contributed by atoms with E-state index in [0.717, 1.165) is 17.1 Å². The van der Waals surface area contributed by atoms with Crippen LogP contribution in [0.15, 0.2) is 23.2 Å². The Balaban J connectivity index is 2.40. The normalized spacial score (nSPS) is 11.1. The number of aliphatic imine (C=N–C) groups is 1. The minimum Gasteiger partial charge on any atom is -0.372 e. The number of rotatable bonds is 4. The van der Waals surface area contributed by atoms with E-state index in [1.165, 1.54) is 6.07 Å². The maximum absolute atomic E-state index is 11.2. The molecule has 2 aromatic rings. The van der Waals surface area contributed by atoms with Crippen LogP contribution < -0.4 is 4.90 Å². The van der Waals surface area contributed by atoms with Gasteiger partial charge in [0.25, 0.3) is 5.69 Å². The number of aromatic nitrogens is 2. The van der Waals surface area contributed by atoms with Gasteiger partial charge in [-0.25, -0.2) is 0 Å². The molecule has 0 fully saturated rings. The Morgan fingerprint density at radius 3 is 2.55 bits per heavy atom. The minimum atomic E-state index is -0.382. The summed E-state index contributed by atoms with van der Waals surface area (Å²) in [4.78, 5) is 16.9. The Kier molecular flexibility index (Phi) is 4.25. The third-order valence-corrected chi connectivity index (χ3v) is 3.49. The highest BCUT2D eigenvalue weighted by Gasteiger charge is 2.15. The summed E-state index contributed by atoms with van der Waals surface area (Å²) in [6.45, 7) is 3.82. The lowest BCUT2D eigenvalue weighted by Crippen LogP contribution is -2.11. The zero-order valence-corrected chi connectivity index (χ0v) is 13.4. The van der Waals surface area contributed by atoms with Gasteiger partial charge in [-0.05, 0) is 25.5 Å². The number of benzene rings is 1. The molecule has 0 aliphatic carbocycles. The first-order valence-electron chi connectivity index (χ1n) is 6.81. The molecule has 0 aliphatic heterocycles. The summed E-state index contributed by atoms with van der Waals surface area (Å²) in [6.07, 6.45) is 1.63. The van der Waals surface area contributed by atoms with Gasteiger partial charge in [0.05, 0.1) is 16.3 Å². The Labute approximate surface area is 129 Å². The van der Waals surface area contributed by atoms with E-state index < -0.39 is 0 Å². The van der Waals surface area contributed by atoms with E-state index in [0.29, 0.717) is 11.3 Å². The van der Waals surface area contributed by atoms with Crippen LogP contribution in [0.2, 0.25) is 0 Å². The number of hydrogen-bond acceptors (Lipinski definition) is 5. The summed E-state index contributed by atoms with van der Waals surface area (Å²) in [6, 6.07) is 5.06. The molecule has 0 N–H and O–H groups in total. The van der Waals surface area contributed by atoms with Crippen molar-refractivity contribution in [1.82, 2.24) is 9.78 Å². The molecule has 0 saturated heterocycles. The van der Waals surface area contributed by atoms with E-state index in [-0.39, 0.29) is 10.6 Å². The molecule has 7 nitrogen and oxygen atoms in total. The third kappa shape index (κ3) is 2.98. The number of nitro benzene ring substituents is 1. The van der Waals surface area contributed by atoms with Gasteiger partial charge in [0, 0.05) is 33.4 Å². The molecule has 1 heterocycles. The Hall–Kier alpha value is -2.70. The van der Waals surface area contributed by atoms with Gasteiger partial charge in [0.1, 0.15) is 11.4 Å². The molecular formula is C15H19N5O2. The maximum atomic E-state index is 11.2. The first-order valence-corrected chi connectivity index (χ1v) is 6.81. The number of anilines is 1. The molecule has 0 bridgehead atoms. The Morgan fingerprint density at radius 1 is 1.36 bits per heavy atom. The number of hydrogen-bond donors (Lipinski definition) is 0. The van der Waals surface area contributed by atoms with Crippen molar-refractivity contribution in [3.63, 3.8) is 0 Å². The van der Waals surface area contributed by atoms with Crippen LogP contribution in [0.4, 0.5) is 17.1 Å². The second kappa shape index (κ2) is 5.97. The highest BCUT2D eigenvalue weighted by atomic mass is 16.6. The molecule has 22 heavy (non-hydrogen) atoms. The Morgan fingerprint density at radius 2 is 2.05 bits per heavy atom. The zero-order valence-electron chi connectivity index (χ0n) is 13.4. The summed E-state index contributed by atoms with van der Waals surface area (Å²) < 4.78 is 1.76. The summed E-state index contributed by atoms with van der Waals surface area (Å²) >= 11 is 0. The van der Waals surface area contributed by atoms with Crippen molar-refractivity contribution in [2.24, 2.45) is 12.0 Å². The van der Waals surface area contributed by atoms with Gasteiger partial charge >= 0.3 is 0 Å². The molecule has 0 radical (unpaired) electrons. The Bertz CT molecular complexity index is 747. The van der Waals surface area contributed by atoms with Crippen LogP contribution in [0.3, 0.4) is 0 Å². The standard InChI is InChI=1S/C15H19N5O2/c1-10-15(11(2)19(5)17-10)16-9-12-6-7-13(18(3)4)14(8-12)20(21)22/h6-9H,1-5H3. The van der Waals surface area contributed by atoms with Crippen molar-refractivity contribution in [3.05, 3.63) is 45.3 Å². The van der Waals surface area contributed by atoms with Crippen LogP contribution in [-0.4, -0.2) is 35.0 Å². The minimum absolute atomic E-state index is 0.0635. The summed E-state index contributed by atoms with van der Waals surface area (Å²) in [5.41, 5.74) is 3.88. The molecule has 2 rings (SSSR count). The first kappa shape index (κ1) is 15.7. The second-order valence-corrected chi connectivity index (χ2v) is 5.30. The average molecular weight is 301 g/mol. The van der Waals surface area contributed by atoms with Gasteiger partial charge in [-0.2, -0.15) is 5.10 Å². The fourth-order valence-electron chi connectivity index (χ4n) is 2.23. The molecule has 0 aliphatic rings. The van der Waals surface area contributed by atoms with E-state index in [1.807, 2.05) is 27.0 Å².